The summed E-state index contributed by atoms with van der Waals surface area (Å²) in [6.07, 6.45) is 0.521. The van der Waals surface area contributed by atoms with Gasteiger partial charge in [0.15, 0.2) is 0 Å². The van der Waals surface area contributed by atoms with E-state index in [1.54, 1.807) is 6.92 Å². The van der Waals surface area contributed by atoms with Crippen LogP contribution in [0.4, 0.5) is 0 Å². The van der Waals surface area contributed by atoms with Crippen LogP contribution in [-0.2, 0) is 4.79 Å². The fourth-order valence-electron chi connectivity index (χ4n) is 1.10. The number of hydrogen-bond acceptors (Lipinski definition) is 2. The number of hydrogen-bond donors (Lipinski definition) is 1. The number of rotatable bonds is 4. The topological polar surface area (TPSA) is 43.1 Å². The number of nitrogens with two attached hydrogens (primary N) is 1. The van der Waals surface area contributed by atoms with Crippen molar-refractivity contribution in [3.63, 3.8) is 0 Å². The van der Waals surface area contributed by atoms with Gasteiger partial charge in [0.1, 0.15) is 5.78 Å². The zero-order chi connectivity index (χ0) is 9.02. The molecule has 0 aromatic carbocycles. The second-order valence-electron chi connectivity index (χ2n) is 3.33. The molecular formula is C9H17NO. The number of Topliss-reactive ketones (excluding diaryl/α,β-unsaturated/α-hetero) is 1. The maximum atomic E-state index is 10.8. The standard InChI is InChI=1S/C9H17NO/c1-6(2)9(8(4)10)5-7(3)11/h6,9H,4-5,10H2,1-3H3. The van der Waals surface area contributed by atoms with E-state index < -0.39 is 0 Å². The first-order valence-electron chi connectivity index (χ1n) is 3.88. The van der Waals surface area contributed by atoms with E-state index in [0.29, 0.717) is 18.0 Å². The van der Waals surface area contributed by atoms with Crippen LogP contribution in [0.3, 0.4) is 0 Å². The number of carbonyl (C=O) groups excluding carboxylic acids is 1. The zero-order valence-corrected chi connectivity index (χ0v) is 7.55. The summed E-state index contributed by atoms with van der Waals surface area (Å²) in [5.41, 5.74) is 6.16. The second kappa shape index (κ2) is 4.16. The van der Waals surface area contributed by atoms with Gasteiger partial charge in [0.2, 0.25) is 0 Å². The van der Waals surface area contributed by atoms with Crippen LogP contribution in [0.25, 0.3) is 0 Å². The highest BCUT2D eigenvalue weighted by Crippen LogP contribution is 2.19. The lowest BCUT2D eigenvalue weighted by Gasteiger charge is -2.18. The smallest absolute Gasteiger partial charge is 0.130 e. The van der Waals surface area contributed by atoms with E-state index in [9.17, 15) is 4.79 Å². The van der Waals surface area contributed by atoms with Gasteiger partial charge in [0, 0.05) is 18.0 Å². The largest absolute Gasteiger partial charge is 0.402 e. The third-order valence-electron chi connectivity index (χ3n) is 1.79. The molecule has 0 aliphatic carbocycles. The van der Waals surface area contributed by atoms with Crippen LogP contribution in [0, 0.1) is 11.8 Å². The first-order chi connectivity index (χ1) is 4.95. The highest BCUT2D eigenvalue weighted by molar-refractivity contribution is 5.76. The molecule has 0 heterocycles. The minimum absolute atomic E-state index is 0.146. The molecule has 0 saturated heterocycles. The Morgan fingerprint density at radius 3 is 2.09 bits per heavy atom. The molecule has 0 radical (unpaired) electrons. The van der Waals surface area contributed by atoms with Gasteiger partial charge in [-0.25, -0.2) is 0 Å². The van der Waals surface area contributed by atoms with Crippen LogP contribution >= 0.6 is 0 Å². The molecule has 0 aromatic heterocycles. The molecule has 0 fully saturated rings. The van der Waals surface area contributed by atoms with Crippen molar-refractivity contribution in [1.82, 2.24) is 0 Å². The molecular weight excluding hydrogens is 138 g/mol. The van der Waals surface area contributed by atoms with E-state index in [1.807, 2.05) is 13.8 Å². The predicted octanol–water partition coefficient (Wildman–Crippen LogP) is 1.71. The van der Waals surface area contributed by atoms with E-state index in [1.165, 1.54) is 0 Å². The van der Waals surface area contributed by atoms with Crippen molar-refractivity contribution >= 4 is 5.78 Å². The molecule has 0 aliphatic heterocycles. The van der Waals surface area contributed by atoms with Gasteiger partial charge in [0.05, 0.1) is 0 Å². The highest BCUT2D eigenvalue weighted by Gasteiger charge is 2.16. The normalized spacial score (nSPS) is 13.1. The summed E-state index contributed by atoms with van der Waals surface area (Å²) >= 11 is 0. The molecule has 0 saturated carbocycles. The van der Waals surface area contributed by atoms with Gasteiger partial charge in [-0.15, -0.1) is 0 Å². The fourth-order valence-corrected chi connectivity index (χ4v) is 1.10. The maximum Gasteiger partial charge on any atom is 0.130 e. The molecule has 64 valence electrons. The van der Waals surface area contributed by atoms with E-state index in [0.717, 1.165) is 0 Å². The Hall–Kier alpha value is -0.790. The molecule has 1 atom stereocenters. The summed E-state index contributed by atoms with van der Waals surface area (Å²) in [7, 11) is 0. The molecule has 1 unspecified atom stereocenters. The summed E-state index contributed by atoms with van der Waals surface area (Å²) in [5.74, 6) is 0.721. The van der Waals surface area contributed by atoms with Crippen molar-refractivity contribution in [3.05, 3.63) is 12.3 Å². The Balaban J connectivity index is 4.12. The van der Waals surface area contributed by atoms with Crippen molar-refractivity contribution in [2.24, 2.45) is 17.6 Å². The molecule has 0 rings (SSSR count). The Labute approximate surface area is 68.5 Å². The Kier molecular flexibility index (Phi) is 3.86. The fraction of sp³-hybridized carbons (Fsp3) is 0.667. The van der Waals surface area contributed by atoms with Crippen LogP contribution in [0.15, 0.2) is 12.3 Å². The summed E-state index contributed by atoms with van der Waals surface area (Å²) in [6.45, 7) is 9.33. The Morgan fingerprint density at radius 1 is 1.55 bits per heavy atom. The predicted molar refractivity (Wildman–Crippen MR) is 47.0 cm³/mol. The first kappa shape index (κ1) is 10.2. The summed E-state index contributed by atoms with van der Waals surface area (Å²) in [6, 6.07) is 0. The lowest BCUT2D eigenvalue weighted by molar-refractivity contribution is -0.117. The van der Waals surface area contributed by atoms with Gasteiger partial charge in [-0.3, -0.25) is 0 Å². The Morgan fingerprint density at radius 2 is 2.00 bits per heavy atom. The van der Waals surface area contributed by atoms with Crippen molar-refractivity contribution in [2.75, 3.05) is 0 Å². The van der Waals surface area contributed by atoms with Crippen molar-refractivity contribution < 1.29 is 4.79 Å². The minimum atomic E-state index is 0.146. The van der Waals surface area contributed by atoms with Gasteiger partial charge in [-0.2, -0.15) is 0 Å². The van der Waals surface area contributed by atoms with Crippen LogP contribution in [0.2, 0.25) is 0 Å². The first-order valence-corrected chi connectivity index (χ1v) is 3.88. The SMILES string of the molecule is C=C(N)C(CC(C)=O)C(C)C. The van der Waals surface area contributed by atoms with E-state index in [2.05, 4.69) is 6.58 Å². The van der Waals surface area contributed by atoms with Gasteiger partial charge >= 0.3 is 0 Å². The van der Waals surface area contributed by atoms with Crippen molar-refractivity contribution in [2.45, 2.75) is 27.2 Å². The van der Waals surface area contributed by atoms with Gasteiger partial charge in [0.25, 0.3) is 0 Å². The Bertz CT molecular complexity index is 161. The molecule has 2 N–H and O–H groups in total. The van der Waals surface area contributed by atoms with E-state index >= 15 is 0 Å². The highest BCUT2D eigenvalue weighted by atomic mass is 16.1. The monoisotopic (exact) mass is 155 g/mol. The molecule has 11 heavy (non-hydrogen) atoms. The minimum Gasteiger partial charge on any atom is -0.402 e. The molecule has 0 aliphatic rings. The molecule has 0 aromatic rings. The maximum absolute atomic E-state index is 10.8. The number of ketones is 1. The average molecular weight is 155 g/mol. The third kappa shape index (κ3) is 3.81. The number of allylic oxidation sites excluding steroid dienone is 1. The van der Waals surface area contributed by atoms with Crippen LogP contribution in [-0.4, -0.2) is 5.78 Å². The quantitative estimate of drug-likeness (QED) is 0.671. The molecule has 2 heteroatoms. The van der Waals surface area contributed by atoms with Gasteiger partial charge < -0.3 is 10.5 Å². The summed E-state index contributed by atoms with van der Waals surface area (Å²) < 4.78 is 0. The zero-order valence-electron chi connectivity index (χ0n) is 7.55. The summed E-state index contributed by atoms with van der Waals surface area (Å²) in [5, 5.41) is 0. The summed E-state index contributed by atoms with van der Waals surface area (Å²) in [4.78, 5) is 10.8. The van der Waals surface area contributed by atoms with Crippen molar-refractivity contribution in [1.29, 1.82) is 0 Å². The molecule has 2 nitrogen and oxygen atoms in total. The third-order valence-corrected chi connectivity index (χ3v) is 1.79. The molecule has 0 bridgehead atoms. The average Bonchev–Trinajstić information content (AvgIpc) is 1.81. The van der Waals surface area contributed by atoms with Crippen LogP contribution < -0.4 is 5.73 Å². The van der Waals surface area contributed by atoms with Crippen molar-refractivity contribution in [3.8, 4) is 0 Å². The van der Waals surface area contributed by atoms with E-state index in [4.69, 9.17) is 5.73 Å². The molecule has 0 amide bonds. The second-order valence-corrected chi connectivity index (χ2v) is 3.33. The lowest BCUT2D eigenvalue weighted by Crippen LogP contribution is -2.19. The molecule has 0 spiro atoms. The lowest BCUT2D eigenvalue weighted by atomic mass is 9.89. The van der Waals surface area contributed by atoms with Crippen LogP contribution in [0.1, 0.15) is 27.2 Å². The van der Waals surface area contributed by atoms with E-state index in [-0.39, 0.29) is 11.7 Å². The van der Waals surface area contributed by atoms with Gasteiger partial charge in [-0.1, -0.05) is 20.4 Å². The van der Waals surface area contributed by atoms with Gasteiger partial charge in [-0.05, 0) is 12.8 Å². The number of carbonyl (C=O) groups is 1. The van der Waals surface area contributed by atoms with Crippen LogP contribution in [0.5, 0.6) is 0 Å².